The van der Waals surface area contributed by atoms with Crippen molar-refractivity contribution in [3.05, 3.63) is 23.8 Å². The van der Waals surface area contributed by atoms with Crippen LogP contribution in [0, 0.1) is 17.8 Å². The van der Waals surface area contributed by atoms with Crippen molar-refractivity contribution in [2.24, 2.45) is 17.8 Å². The lowest BCUT2D eigenvalue weighted by atomic mass is 9.69. The predicted octanol–water partition coefficient (Wildman–Crippen LogP) is 6.19. The summed E-state index contributed by atoms with van der Waals surface area (Å²) in [5.41, 5.74) is 1.59. The average molecular weight is 293 g/mol. The Bertz CT molecular complexity index is 326. The van der Waals surface area contributed by atoms with Gasteiger partial charge in [-0.15, -0.1) is 0 Å². The van der Waals surface area contributed by atoms with Gasteiger partial charge in [-0.2, -0.15) is 12.6 Å². The van der Waals surface area contributed by atoms with E-state index in [4.69, 9.17) is 0 Å². The number of thiol groups is 1. The van der Waals surface area contributed by atoms with Gasteiger partial charge in [-0.25, -0.2) is 0 Å². The van der Waals surface area contributed by atoms with Crippen LogP contribution in [0.5, 0.6) is 0 Å². The summed E-state index contributed by atoms with van der Waals surface area (Å²) in [4.78, 5) is 0. The molecule has 1 heteroatoms. The van der Waals surface area contributed by atoms with Crippen LogP contribution in [0.3, 0.4) is 0 Å². The lowest BCUT2D eigenvalue weighted by Crippen LogP contribution is -2.26. The fraction of sp³-hybridized carbons (Fsp3) is 0.789. The zero-order valence-corrected chi connectivity index (χ0v) is 14.2. The molecule has 0 bridgehead atoms. The maximum atomic E-state index is 4.64. The van der Waals surface area contributed by atoms with Crippen molar-refractivity contribution in [1.82, 2.24) is 0 Å². The zero-order chi connectivity index (χ0) is 14.4. The molecular weight excluding hydrogens is 260 g/mol. The maximum Gasteiger partial charge on any atom is 0.00170 e. The van der Waals surface area contributed by atoms with Crippen LogP contribution in [0.15, 0.2) is 23.8 Å². The first-order valence-electron chi connectivity index (χ1n) is 8.75. The fourth-order valence-electron chi connectivity index (χ4n) is 4.22. The first-order valence-corrected chi connectivity index (χ1v) is 9.27. The summed E-state index contributed by atoms with van der Waals surface area (Å²) in [6.07, 6.45) is 19.5. The first kappa shape index (κ1) is 16.2. The summed E-state index contributed by atoms with van der Waals surface area (Å²) in [6.45, 7) is 4.42. The highest BCUT2D eigenvalue weighted by Crippen LogP contribution is 2.42. The van der Waals surface area contributed by atoms with Gasteiger partial charge in [0.15, 0.2) is 0 Å². The summed E-state index contributed by atoms with van der Waals surface area (Å²) in [7, 11) is 0. The standard InChI is InChI=1S/C19H32S/c1-3-5-6-15(4-2)16-7-9-17(10-8-16)18-11-13-19(20)14-12-18/h4-6,16-20H,3,7-14H2,1-2H3/b6-5-,15-4+. The zero-order valence-electron chi connectivity index (χ0n) is 13.4. The molecule has 0 aromatic rings. The third kappa shape index (κ3) is 4.41. The molecule has 0 atom stereocenters. The van der Waals surface area contributed by atoms with E-state index in [1.165, 1.54) is 51.4 Å². The third-order valence-corrected chi connectivity index (χ3v) is 6.05. The van der Waals surface area contributed by atoms with Gasteiger partial charge >= 0.3 is 0 Å². The van der Waals surface area contributed by atoms with Gasteiger partial charge in [-0.05, 0) is 88.0 Å². The van der Waals surface area contributed by atoms with Crippen molar-refractivity contribution >= 4 is 12.6 Å². The van der Waals surface area contributed by atoms with Crippen LogP contribution in [0.1, 0.15) is 71.6 Å². The molecule has 0 aliphatic heterocycles. The molecule has 0 unspecified atom stereocenters. The van der Waals surface area contributed by atoms with Crippen LogP contribution in [0.2, 0.25) is 0 Å². The SMILES string of the molecule is C/C=C(\C=C/CC)C1CCC(C2CCC(S)CC2)CC1. The Kier molecular flexibility index (Phi) is 6.74. The highest BCUT2D eigenvalue weighted by Gasteiger charge is 2.30. The molecule has 2 aliphatic rings. The molecule has 0 aromatic carbocycles. The molecule has 0 heterocycles. The Balaban J connectivity index is 1.81. The first-order chi connectivity index (χ1) is 9.74. The second kappa shape index (κ2) is 8.32. The second-order valence-corrected chi connectivity index (χ2v) is 7.51. The highest BCUT2D eigenvalue weighted by molar-refractivity contribution is 7.80. The van der Waals surface area contributed by atoms with Gasteiger partial charge in [-0.3, -0.25) is 0 Å². The fourth-order valence-corrected chi connectivity index (χ4v) is 4.52. The molecule has 0 saturated heterocycles. The Morgan fingerprint density at radius 1 is 0.950 bits per heavy atom. The number of hydrogen-bond acceptors (Lipinski definition) is 1. The summed E-state index contributed by atoms with van der Waals surface area (Å²) < 4.78 is 0. The Morgan fingerprint density at radius 2 is 1.50 bits per heavy atom. The van der Waals surface area contributed by atoms with Crippen LogP contribution in [-0.4, -0.2) is 5.25 Å². The lowest BCUT2D eigenvalue weighted by Gasteiger charge is -2.37. The van der Waals surface area contributed by atoms with Crippen molar-refractivity contribution < 1.29 is 0 Å². The van der Waals surface area contributed by atoms with Crippen LogP contribution >= 0.6 is 12.6 Å². The molecule has 2 saturated carbocycles. The Morgan fingerprint density at radius 3 is 2.00 bits per heavy atom. The van der Waals surface area contributed by atoms with E-state index in [9.17, 15) is 0 Å². The van der Waals surface area contributed by atoms with Gasteiger partial charge in [0.1, 0.15) is 0 Å². The smallest absolute Gasteiger partial charge is 0.00170 e. The molecule has 2 fully saturated rings. The molecule has 0 spiro atoms. The Hall–Kier alpha value is -0.170. The van der Waals surface area contributed by atoms with Gasteiger partial charge in [0.25, 0.3) is 0 Å². The average Bonchev–Trinajstić information content (AvgIpc) is 2.49. The Labute approximate surface area is 131 Å². The molecule has 2 rings (SSSR count). The van der Waals surface area contributed by atoms with Crippen LogP contribution < -0.4 is 0 Å². The number of allylic oxidation sites excluding steroid dienone is 4. The van der Waals surface area contributed by atoms with E-state index in [2.05, 4.69) is 44.7 Å². The van der Waals surface area contributed by atoms with Crippen LogP contribution in [-0.2, 0) is 0 Å². The van der Waals surface area contributed by atoms with Crippen molar-refractivity contribution in [2.45, 2.75) is 76.9 Å². The van der Waals surface area contributed by atoms with E-state index < -0.39 is 0 Å². The molecule has 114 valence electrons. The van der Waals surface area contributed by atoms with Crippen molar-refractivity contribution in [3.63, 3.8) is 0 Å². The number of hydrogen-bond donors (Lipinski definition) is 1. The minimum absolute atomic E-state index is 0.691. The van der Waals surface area contributed by atoms with Crippen molar-refractivity contribution in [2.75, 3.05) is 0 Å². The topological polar surface area (TPSA) is 0 Å². The summed E-state index contributed by atoms with van der Waals surface area (Å²) in [5.74, 6) is 2.86. The summed E-state index contributed by atoms with van der Waals surface area (Å²) in [5, 5.41) is 0.691. The van der Waals surface area contributed by atoms with Gasteiger partial charge in [0.2, 0.25) is 0 Å². The van der Waals surface area contributed by atoms with Crippen molar-refractivity contribution in [1.29, 1.82) is 0 Å². The lowest BCUT2D eigenvalue weighted by molar-refractivity contribution is 0.180. The second-order valence-electron chi connectivity index (χ2n) is 6.78. The number of rotatable bonds is 4. The molecule has 0 amide bonds. The van der Waals surface area contributed by atoms with Crippen molar-refractivity contribution in [3.8, 4) is 0 Å². The molecule has 0 aromatic heterocycles. The quantitative estimate of drug-likeness (QED) is 0.463. The molecule has 0 N–H and O–H groups in total. The maximum absolute atomic E-state index is 4.64. The van der Waals surface area contributed by atoms with E-state index in [-0.39, 0.29) is 0 Å². The van der Waals surface area contributed by atoms with E-state index in [0.717, 1.165) is 24.2 Å². The minimum Gasteiger partial charge on any atom is -0.176 e. The van der Waals surface area contributed by atoms with E-state index in [0.29, 0.717) is 5.25 Å². The van der Waals surface area contributed by atoms with E-state index >= 15 is 0 Å². The van der Waals surface area contributed by atoms with Gasteiger partial charge < -0.3 is 0 Å². The predicted molar refractivity (Wildman–Crippen MR) is 93.4 cm³/mol. The summed E-state index contributed by atoms with van der Waals surface area (Å²) in [6, 6.07) is 0. The largest absolute Gasteiger partial charge is 0.176 e. The van der Waals surface area contributed by atoms with Gasteiger partial charge in [-0.1, -0.05) is 25.2 Å². The molecule has 2 aliphatic carbocycles. The highest BCUT2D eigenvalue weighted by atomic mass is 32.1. The van der Waals surface area contributed by atoms with Crippen LogP contribution in [0.25, 0.3) is 0 Å². The summed E-state index contributed by atoms with van der Waals surface area (Å²) >= 11 is 4.64. The third-order valence-electron chi connectivity index (χ3n) is 5.53. The van der Waals surface area contributed by atoms with E-state index in [1.54, 1.807) is 5.57 Å². The van der Waals surface area contributed by atoms with Gasteiger partial charge in [0.05, 0.1) is 0 Å². The van der Waals surface area contributed by atoms with Crippen LogP contribution in [0.4, 0.5) is 0 Å². The molecule has 0 radical (unpaired) electrons. The van der Waals surface area contributed by atoms with E-state index in [1.807, 2.05) is 0 Å². The normalized spacial score (nSPS) is 36.5. The molecule has 20 heavy (non-hydrogen) atoms. The molecule has 0 nitrogen and oxygen atoms in total. The van der Waals surface area contributed by atoms with Gasteiger partial charge in [0, 0.05) is 5.25 Å². The minimum atomic E-state index is 0.691. The molecular formula is C19H32S. The monoisotopic (exact) mass is 292 g/mol.